The van der Waals surface area contributed by atoms with Crippen molar-refractivity contribution in [2.24, 2.45) is 0 Å². The summed E-state index contributed by atoms with van der Waals surface area (Å²) in [6.07, 6.45) is -3.14. The summed E-state index contributed by atoms with van der Waals surface area (Å²) in [5.74, 6) is 0.123. The van der Waals surface area contributed by atoms with E-state index in [9.17, 15) is 20.1 Å². The molecule has 0 radical (unpaired) electrons. The number of carbonyl (C=O) groups excluding carboxylic acids is 1. The summed E-state index contributed by atoms with van der Waals surface area (Å²) >= 11 is 0. The largest absolute Gasteiger partial charge is 0.394 e. The lowest BCUT2D eigenvalue weighted by Crippen LogP contribution is -2.59. The predicted octanol–water partition coefficient (Wildman–Crippen LogP) is -0.784. The minimum atomic E-state index is -1.24. The van der Waals surface area contributed by atoms with Crippen molar-refractivity contribution in [1.29, 1.82) is 0 Å². The number of carbonyl (C=O) groups is 1. The van der Waals surface area contributed by atoms with Crippen LogP contribution in [0.5, 0.6) is 0 Å². The molecule has 1 heterocycles. The fourth-order valence-electron chi connectivity index (χ4n) is 2.16. The zero-order chi connectivity index (χ0) is 15.1. The summed E-state index contributed by atoms with van der Waals surface area (Å²) < 4.78 is 15.7. The maximum atomic E-state index is 10.8. The van der Waals surface area contributed by atoms with Crippen LogP contribution in [0, 0.1) is 0 Å². The Kier molecular flexibility index (Phi) is 7.57. The molecule has 0 saturated carbocycles. The van der Waals surface area contributed by atoms with E-state index in [1.165, 1.54) is 14.0 Å². The Hall–Kier alpha value is -0.570. The summed E-state index contributed by atoms with van der Waals surface area (Å²) in [5, 5.41) is 29.0. The van der Waals surface area contributed by atoms with Crippen LogP contribution in [-0.4, -0.2) is 72.1 Å². The van der Waals surface area contributed by atoms with Crippen LogP contribution in [0.1, 0.15) is 26.2 Å². The van der Waals surface area contributed by atoms with Gasteiger partial charge in [0.05, 0.1) is 6.61 Å². The van der Waals surface area contributed by atoms with Gasteiger partial charge in [-0.3, -0.25) is 0 Å². The van der Waals surface area contributed by atoms with E-state index in [2.05, 4.69) is 0 Å². The Labute approximate surface area is 118 Å². The van der Waals surface area contributed by atoms with Crippen LogP contribution in [0.15, 0.2) is 0 Å². The molecule has 1 aliphatic heterocycles. The molecule has 7 nitrogen and oxygen atoms in total. The number of hydrogen-bond donors (Lipinski definition) is 3. The fourth-order valence-corrected chi connectivity index (χ4v) is 2.16. The Morgan fingerprint density at radius 1 is 1.25 bits per heavy atom. The zero-order valence-electron chi connectivity index (χ0n) is 11.9. The molecule has 0 bridgehead atoms. The van der Waals surface area contributed by atoms with Crippen LogP contribution in [0.25, 0.3) is 0 Å². The topological polar surface area (TPSA) is 105 Å². The molecule has 1 rings (SSSR count). The van der Waals surface area contributed by atoms with E-state index in [1.54, 1.807) is 0 Å². The second-order valence-corrected chi connectivity index (χ2v) is 4.94. The number of aliphatic hydroxyl groups excluding tert-OH is 3. The zero-order valence-corrected chi connectivity index (χ0v) is 11.9. The van der Waals surface area contributed by atoms with Crippen LogP contribution in [0.2, 0.25) is 0 Å². The highest BCUT2D eigenvalue weighted by atomic mass is 16.7. The highest BCUT2D eigenvalue weighted by Gasteiger charge is 2.44. The minimum Gasteiger partial charge on any atom is -0.394 e. The van der Waals surface area contributed by atoms with Crippen LogP contribution in [-0.2, 0) is 19.0 Å². The van der Waals surface area contributed by atoms with Crippen LogP contribution >= 0.6 is 0 Å². The molecular weight excluding hydrogens is 268 g/mol. The van der Waals surface area contributed by atoms with Gasteiger partial charge in [-0.2, -0.15) is 0 Å². The number of methoxy groups -OCH3 is 1. The first-order chi connectivity index (χ1) is 9.51. The van der Waals surface area contributed by atoms with Crippen molar-refractivity contribution in [2.75, 3.05) is 20.3 Å². The second kappa shape index (κ2) is 8.66. The number of ketones is 1. The molecule has 0 aromatic rings. The van der Waals surface area contributed by atoms with Crippen molar-refractivity contribution in [3.05, 3.63) is 0 Å². The first-order valence-electron chi connectivity index (χ1n) is 6.77. The monoisotopic (exact) mass is 292 g/mol. The molecule has 0 aromatic carbocycles. The maximum Gasteiger partial charge on any atom is 0.186 e. The Morgan fingerprint density at radius 2 is 1.95 bits per heavy atom. The molecule has 1 aliphatic rings. The van der Waals surface area contributed by atoms with Crippen LogP contribution < -0.4 is 0 Å². The normalized spacial score (nSPS) is 34.1. The van der Waals surface area contributed by atoms with Crippen molar-refractivity contribution < 1.29 is 34.3 Å². The average molecular weight is 292 g/mol. The third-order valence-electron chi connectivity index (χ3n) is 3.30. The molecule has 0 spiro atoms. The number of Topliss-reactive ketones (excluding diaryl/α,β-unsaturated/α-hetero) is 1. The highest BCUT2D eigenvalue weighted by Crippen LogP contribution is 2.24. The molecule has 0 amide bonds. The Morgan fingerprint density at radius 3 is 2.50 bits per heavy atom. The Balaban J connectivity index is 2.39. The van der Waals surface area contributed by atoms with Crippen LogP contribution in [0.3, 0.4) is 0 Å². The van der Waals surface area contributed by atoms with Gasteiger partial charge < -0.3 is 34.3 Å². The smallest absolute Gasteiger partial charge is 0.186 e. The lowest BCUT2D eigenvalue weighted by Gasteiger charge is -2.41. The van der Waals surface area contributed by atoms with E-state index in [1.807, 2.05) is 0 Å². The van der Waals surface area contributed by atoms with Gasteiger partial charge in [-0.05, 0) is 19.8 Å². The minimum absolute atomic E-state index is 0.123. The van der Waals surface area contributed by atoms with E-state index in [4.69, 9.17) is 14.2 Å². The van der Waals surface area contributed by atoms with Crippen molar-refractivity contribution in [2.45, 2.75) is 56.9 Å². The van der Waals surface area contributed by atoms with Gasteiger partial charge in [0.15, 0.2) is 6.29 Å². The molecular formula is C13H24O7. The fraction of sp³-hybridized carbons (Fsp3) is 0.923. The van der Waals surface area contributed by atoms with Gasteiger partial charge >= 0.3 is 0 Å². The van der Waals surface area contributed by atoms with E-state index in [0.717, 1.165) is 0 Å². The maximum absolute atomic E-state index is 10.8. The lowest BCUT2D eigenvalue weighted by atomic mass is 9.99. The first-order valence-corrected chi connectivity index (χ1v) is 6.77. The standard InChI is InChI=1S/C13H24O7/c1-8(15)5-3-4-6-19-13-11(17)10(16)12(18-2)9(7-14)20-13/h9-14,16-17H,3-7H2,1-2H3/t9?,10?,11-,12-,13+/m0/s1. The highest BCUT2D eigenvalue weighted by molar-refractivity contribution is 5.75. The second-order valence-electron chi connectivity index (χ2n) is 4.94. The lowest BCUT2D eigenvalue weighted by molar-refractivity contribution is -0.304. The predicted molar refractivity (Wildman–Crippen MR) is 69.0 cm³/mol. The molecule has 3 N–H and O–H groups in total. The number of unbranched alkanes of at least 4 members (excludes halogenated alkanes) is 1. The average Bonchev–Trinajstić information content (AvgIpc) is 2.42. The van der Waals surface area contributed by atoms with Gasteiger partial charge in [-0.25, -0.2) is 0 Å². The molecule has 7 heteroatoms. The van der Waals surface area contributed by atoms with Crippen molar-refractivity contribution in [1.82, 2.24) is 0 Å². The molecule has 20 heavy (non-hydrogen) atoms. The summed E-state index contributed by atoms with van der Waals surface area (Å²) in [7, 11) is 1.37. The quantitative estimate of drug-likeness (QED) is 0.504. The van der Waals surface area contributed by atoms with Gasteiger partial charge in [0.2, 0.25) is 0 Å². The third kappa shape index (κ3) is 4.76. The summed E-state index contributed by atoms with van der Waals surface area (Å²) in [5.41, 5.74) is 0. The van der Waals surface area contributed by atoms with E-state index >= 15 is 0 Å². The molecule has 0 aliphatic carbocycles. The van der Waals surface area contributed by atoms with Gasteiger partial charge in [-0.15, -0.1) is 0 Å². The number of ether oxygens (including phenoxy) is 3. The van der Waals surface area contributed by atoms with E-state index < -0.39 is 30.7 Å². The van der Waals surface area contributed by atoms with Gasteiger partial charge in [0.25, 0.3) is 0 Å². The third-order valence-corrected chi connectivity index (χ3v) is 3.30. The van der Waals surface area contributed by atoms with Gasteiger partial charge in [0.1, 0.15) is 30.2 Å². The van der Waals surface area contributed by atoms with Crippen molar-refractivity contribution >= 4 is 5.78 Å². The van der Waals surface area contributed by atoms with Crippen molar-refractivity contribution in [3.8, 4) is 0 Å². The SMILES string of the molecule is CO[C@H]1C(CO)O[C@@H](OCCCCC(C)=O)[C@@H](O)C1O. The summed E-state index contributed by atoms with van der Waals surface area (Å²) in [4.78, 5) is 10.8. The molecule has 1 fully saturated rings. The first kappa shape index (κ1) is 17.5. The summed E-state index contributed by atoms with van der Waals surface area (Å²) in [6, 6.07) is 0. The molecule has 1 saturated heterocycles. The molecule has 118 valence electrons. The number of hydrogen-bond acceptors (Lipinski definition) is 7. The van der Waals surface area contributed by atoms with Gasteiger partial charge in [0, 0.05) is 20.1 Å². The molecule has 5 atom stereocenters. The van der Waals surface area contributed by atoms with E-state index in [-0.39, 0.29) is 12.4 Å². The van der Waals surface area contributed by atoms with Crippen LogP contribution in [0.4, 0.5) is 0 Å². The number of aliphatic hydroxyl groups is 3. The Bertz CT molecular complexity index is 294. The van der Waals surface area contributed by atoms with Gasteiger partial charge in [-0.1, -0.05) is 0 Å². The summed E-state index contributed by atoms with van der Waals surface area (Å²) in [6.45, 7) is 1.49. The molecule has 2 unspecified atom stereocenters. The molecule has 0 aromatic heterocycles. The number of rotatable bonds is 8. The van der Waals surface area contributed by atoms with E-state index in [0.29, 0.717) is 25.9 Å². The van der Waals surface area contributed by atoms with Crippen molar-refractivity contribution in [3.63, 3.8) is 0 Å².